The number of amides is 2. The van der Waals surface area contributed by atoms with Crippen molar-refractivity contribution in [3.8, 4) is 0 Å². The van der Waals surface area contributed by atoms with E-state index in [0.29, 0.717) is 0 Å². The summed E-state index contributed by atoms with van der Waals surface area (Å²) < 4.78 is 16.1. The van der Waals surface area contributed by atoms with Crippen LogP contribution in [0.2, 0.25) is 0 Å². The van der Waals surface area contributed by atoms with Gasteiger partial charge in [-0.2, -0.15) is 0 Å². The third-order valence-corrected chi connectivity index (χ3v) is 5.29. The standard InChI is InChI=1S/C19H16N2O9/c1-9(22)28-18(29-10(2)23)19-7-6-13(30-19)14-15(19)17(25)20(16(14)24)11-4-3-5-12(8-11)21(26)27/h3-8,13-15,18H,1-2H3/t13-,14+,15+,19+/m0/s1. The first-order chi connectivity index (χ1) is 14.2. The Labute approximate surface area is 169 Å². The molecule has 1 aromatic carbocycles. The molecule has 156 valence electrons. The molecule has 0 aliphatic carbocycles. The second kappa shape index (κ2) is 6.73. The van der Waals surface area contributed by atoms with Crippen LogP contribution in [-0.2, 0) is 33.4 Å². The lowest BCUT2D eigenvalue weighted by Crippen LogP contribution is -2.52. The molecule has 3 heterocycles. The maximum Gasteiger partial charge on any atom is 0.305 e. The highest BCUT2D eigenvalue weighted by molar-refractivity contribution is 6.23. The highest BCUT2D eigenvalue weighted by atomic mass is 16.7. The van der Waals surface area contributed by atoms with Crippen molar-refractivity contribution in [3.63, 3.8) is 0 Å². The van der Waals surface area contributed by atoms with E-state index in [1.165, 1.54) is 24.3 Å². The molecule has 0 radical (unpaired) electrons. The molecule has 0 saturated carbocycles. The molecular formula is C19H16N2O9. The average Bonchev–Trinajstić information content (AvgIpc) is 3.32. The number of esters is 2. The molecule has 0 spiro atoms. The number of nitrogens with zero attached hydrogens (tertiary/aromatic N) is 2. The number of non-ortho nitro benzene ring substituents is 1. The van der Waals surface area contributed by atoms with Gasteiger partial charge in [0.05, 0.1) is 28.6 Å². The van der Waals surface area contributed by atoms with Crippen LogP contribution in [0.15, 0.2) is 36.4 Å². The second-order valence-electron chi connectivity index (χ2n) is 7.14. The molecule has 11 nitrogen and oxygen atoms in total. The molecule has 11 heteroatoms. The number of ether oxygens (including phenoxy) is 3. The molecule has 4 rings (SSSR count). The first-order valence-corrected chi connectivity index (χ1v) is 8.99. The summed E-state index contributed by atoms with van der Waals surface area (Å²) in [6.07, 6.45) is 0.621. The Morgan fingerprint density at radius 2 is 1.87 bits per heavy atom. The number of hydrogen-bond donors (Lipinski definition) is 0. The van der Waals surface area contributed by atoms with E-state index in [-0.39, 0.29) is 11.4 Å². The Morgan fingerprint density at radius 3 is 2.47 bits per heavy atom. The summed E-state index contributed by atoms with van der Waals surface area (Å²) in [5.74, 6) is -4.93. The second-order valence-corrected chi connectivity index (χ2v) is 7.14. The average molecular weight is 416 g/mol. The minimum Gasteiger partial charge on any atom is -0.422 e. The predicted octanol–water partition coefficient (Wildman–Crippen LogP) is 0.860. The van der Waals surface area contributed by atoms with Crippen LogP contribution in [-0.4, -0.2) is 46.7 Å². The van der Waals surface area contributed by atoms with Crippen LogP contribution in [0.1, 0.15) is 13.8 Å². The maximum absolute atomic E-state index is 13.3. The smallest absolute Gasteiger partial charge is 0.305 e. The monoisotopic (exact) mass is 416 g/mol. The number of benzene rings is 1. The van der Waals surface area contributed by atoms with Crippen LogP contribution in [0.3, 0.4) is 0 Å². The summed E-state index contributed by atoms with van der Waals surface area (Å²) in [5, 5.41) is 11.1. The summed E-state index contributed by atoms with van der Waals surface area (Å²) >= 11 is 0. The van der Waals surface area contributed by atoms with E-state index in [0.717, 1.165) is 24.8 Å². The Kier molecular flexibility index (Phi) is 4.42. The SMILES string of the molecule is CC(=O)OC(OC(C)=O)[C@]12C=C[C@H](O1)[C@H]1C(=O)N(c3cccc([N+](=O)[O-])c3)C(=O)[C@@H]12. The largest absolute Gasteiger partial charge is 0.422 e. The maximum atomic E-state index is 13.3. The molecule has 1 aromatic rings. The van der Waals surface area contributed by atoms with Crippen LogP contribution in [0.5, 0.6) is 0 Å². The number of hydrogen-bond acceptors (Lipinski definition) is 9. The summed E-state index contributed by atoms with van der Waals surface area (Å²) in [4.78, 5) is 60.8. The zero-order chi connectivity index (χ0) is 21.8. The van der Waals surface area contributed by atoms with Crippen LogP contribution in [0.25, 0.3) is 0 Å². The Bertz CT molecular complexity index is 1000. The molecule has 3 aliphatic rings. The van der Waals surface area contributed by atoms with Crippen molar-refractivity contribution in [2.75, 3.05) is 4.90 Å². The van der Waals surface area contributed by atoms with Crippen LogP contribution < -0.4 is 4.90 Å². The summed E-state index contributed by atoms with van der Waals surface area (Å²) in [7, 11) is 0. The highest BCUT2D eigenvalue weighted by Crippen LogP contribution is 2.54. The van der Waals surface area contributed by atoms with Gasteiger partial charge in [-0.3, -0.25) is 29.3 Å². The zero-order valence-electron chi connectivity index (χ0n) is 15.8. The predicted molar refractivity (Wildman–Crippen MR) is 96.6 cm³/mol. The summed E-state index contributed by atoms with van der Waals surface area (Å²) in [6.45, 7) is 2.21. The summed E-state index contributed by atoms with van der Waals surface area (Å²) in [6, 6.07) is 5.13. The minimum absolute atomic E-state index is 0.0414. The van der Waals surface area contributed by atoms with Gasteiger partial charge in [-0.05, 0) is 12.1 Å². The highest BCUT2D eigenvalue weighted by Gasteiger charge is 2.72. The topological polar surface area (TPSA) is 142 Å². The van der Waals surface area contributed by atoms with E-state index in [1.807, 2.05) is 0 Å². The van der Waals surface area contributed by atoms with Gasteiger partial charge in [0.2, 0.25) is 11.8 Å². The normalized spacial score (nSPS) is 28.8. The van der Waals surface area contributed by atoms with E-state index in [2.05, 4.69) is 0 Å². The first-order valence-electron chi connectivity index (χ1n) is 8.99. The van der Waals surface area contributed by atoms with E-state index < -0.39 is 58.5 Å². The quantitative estimate of drug-likeness (QED) is 0.170. The van der Waals surface area contributed by atoms with Crippen molar-refractivity contribution >= 4 is 35.1 Å². The number of rotatable bonds is 5. The molecule has 2 amide bonds. The lowest BCUT2D eigenvalue weighted by Gasteiger charge is -2.34. The molecule has 2 bridgehead atoms. The van der Waals surface area contributed by atoms with Gasteiger partial charge in [-0.15, -0.1) is 0 Å². The van der Waals surface area contributed by atoms with E-state index >= 15 is 0 Å². The van der Waals surface area contributed by atoms with Crippen molar-refractivity contribution in [2.24, 2.45) is 11.8 Å². The molecule has 30 heavy (non-hydrogen) atoms. The summed E-state index contributed by atoms with van der Waals surface area (Å²) in [5.41, 5.74) is -1.91. The third kappa shape index (κ3) is 2.77. The third-order valence-electron chi connectivity index (χ3n) is 5.29. The van der Waals surface area contributed by atoms with Crippen LogP contribution in [0, 0.1) is 22.0 Å². The van der Waals surface area contributed by atoms with Crippen LogP contribution >= 0.6 is 0 Å². The van der Waals surface area contributed by atoms with Gasteiger partial charge in [0.15, 0.2) is 5.60 Å². The number of carbonyl (C=O) groups is 4. The number of anilines is 1. The zero-order valence-corrected chi connectivity index (χ0v) is 15.8. The molecule has 4 atom stereocenters. The van der Waals surface area contributed by atoms with Crippen molar-refractivity contribution in [3.05, 3.63) is 46.5 Å². The molecule has 2 fully saturated rings. The first kappa shape index (κ1) is 19.7. The van der Waals surface area contributed by atoms with Gasteiger partial charge in [0.25, 0.3) is 12.0 Å². The molecule has 2 saturated heterocycles. The van der Waals surface area contributed by atoms with E-state index in [4.69, 9.17) is 14.2 Å². The number of nitro groups is 1. The number of fused-ring (bicyclic) bond motifs is 5. The van der Waals surface area contributed by atoms with Gasteiger partial charge in [-0.1, -0.05) is 12.1 Å². The van der Waals surface area contributed by atoms with E-state index in [1.54, 1.807) is 6.08 Å². The van der Waals surface area contributed by atoms with Crippen molar-refractivity contribution in [2.45, 2.75) is 31.8 Å². The molecule has 0 N–H and O–H groups in total. The van der Waals surface area contributed by atoms with Gasteiger partial charge in [0, 0.05) is 26.0 Å². The Hall–Kier alpha value is -3.60. The Balaban J connectivity index is 1.75. The molecule has 3 aliphatic heterocycles. The van der Waals surface area contributed by atoms with Gasteiger partial charge in [-0.25, -0.2) is 4.90 Å². The lowest BCUT2D eigenvalue weighted by atomic mass is 9.76. The van der Waals surface area contributed by atoms with Gasteiger partial charge < -0.3 is 14.2 Å². The van der Waals surface area contributed by atoms with Gasteiger partial charge in [0.1, 0.15) is 0 Å². The fraction of sp³-hybridized carbons (Fsp3) is 0.368. The van der Waals surface area contributed by atoms with Crippen molar-refractivity contribution in [1.82, 2.24) is 0 Å². The number of carbonyl (C=O) groups excluding carboxylic acids is 4. The van der Waals surface area contributed by atoms with E-state index in [9.17, 15) is 29.3 Å². The van der Waals surface area contributed by atoms with Crippen LogP contribution in [0.4, 0.5) is 11.4 Å². The molecule has 0 unspecified atom stereocenters. The number of nitro benzene ring substituents is 1. The minimum atomic E-state index is -1.67. The van der Waals surface area contributed by atoms with Gasteiger partial charge >= 0.3 is 11.9 Å². The molecular weight excluding hydrogens is 400 g/mol. The fourth-order valence-corrected chi connectivity index (χ4v) is 4.22. The van der Waals surface area contributed by atoms with Crippen molar-refractivity contribution in [1.29, 1.82) is 0 Å². The number of imide groups is 1. The molecule has 0 aromatic heterocycles. The Morgan fingerprint density at radius 1 is 1.20 bits per heavy atom. The van der Waals surface area contributed by atoms with Crippen molar-refractivity contribution < 1.29 is 38.3 Å². The fourth-order valence-electron chi connectivity index (χ4n) is 4.22. The lowest BCUT2D eigenvalue weighted by molar-refractivity contribution is -0.384.